The predicted octanol–water partition coefficient (Wildman–Crippen LogP) is 2.54. The summed E-state index contributed by atoms with van der Waals surface area (Å²) in [5.74, 6) is 0.225. The molecule has 16 heavy (non-hydrogen) atoms. The molecule has 2 aliphatic rings. The Balaban J connectivity index is 1.94. The Morgan fingerprint density at radius 1 is 1.25 bits per heavy atom. The first kappa shape index (κ1) is 10.3. The van der Waals surface area contributed by atoms with Gasteiger partial charge in [-0.2, -0.15) is 0 Å². The standard InChI is InChI=1S/C13H14ClNO/c14-10-5-3-4-9-8-11(13(16)12(9)10)15-6-1-2-7-15/h3-5,11H,1-2,6-8H2. The molecule has 1 aliphatic carbocycles. The Kier molecular flexibility index (Phi) is 2.49. The molecule has 0 radical (unpaired) electrons. The van der Waals surface area contributed by atoms with E-state index in [1.807, 2.05) is 18.2 Å². The van der Waals surface area contributed by atoms with Crippen LogP contribution in [-0.4, -0.2) is 29.8 Å². The second-order valence-electron chi connectivity index (χ2n) is 4.60. The summed E-state index contributed by atoms with van der Waals surface area (Å²) in [4.78, 5) is 14.6. The maximum Gasteiger partial charge on any atom is 0.182 e. The zero-order valence-corrected chi connectivity index (χ0v) is 9.83. The normalized spacial score (nSPS) is 25.1. The Morgan fingerprint density at radius 2 is 2.00 bits per heavy atom. The number of hydrogen-bond acceptors (Lipinski definition) is 2. The van der Waals surface area contributed by atoms with Crippen LogP contribution in [-0.2, 0) is 6.42 Å². The van der Waals surface area contributed by atoms with Crippen molar-refractivity contribution in [3.8, 4) is 0 Å². The van der Waals surface area contributed by atoms with Crippen LogP contribution in [0.25, 0.3) is 0 Å². The molecule has 1 atom stereocenters. The first-order chi connectivity index (χ1) is 7.77. The summed E-state index contributed by atoms with van der Waals surface area (Å²) in [6, 6.07) is 5.82. The molecular weight excluding hydrogens is 222 g/mol. The van der Waals surface area contributed by atoms with Crippen LogP contribution >= 0.6 is 11.6 Å². The molecule has 1 heterocycles. The van der Waals surface area contributed by atoms with E-state index in [0.29, 0.717) is 5.02 Å². The zero-order chi connectivity index (χ0) is 11.1. The van der Waals surface area contributed by atoms with Gasteiger partial charge >= 0.3 is 0 Å². The van der Waals surface area contributed by atoms with Crippen molar-refractivity contribution in [3.05, 3.63) is 34.3 Å². The Labute approximate surface area is 100 Å². The van der Waals surface area contributed by atoms with Crippen LogP contribution in [0.2, 0.25) is 5.02 Å². The highest BCUT2D eigenvalue weighted by molar-refractivity contribution is 6.34. The van der Waals surface area contributed by atoms with Gasteiger partial charge in [0.05, 0.1) is 11.1 Å². The van der Waals surface area contributed by atoms with Gasteiger partial charge in [0.2, 0.25) is 0 Å². The smallest absolute Gasteiger partial charge is 0.182 e. The first-order valence-corrected chi connectivity index (χ1v) is 6.21. The SMILES string of the molecule is O=C1c2c(Cl)cccc2CC1N1CCCC1. The lowest BCUT2D eigenvalue weighted by molar-refractivity contribution is 0.0872. The van der Waals surface area contributed by atoms with E-state index < -0.39 is 0 Å². The van der Waals surface area contributed by atoms with Gasteiger partial charge in [-0.1, -0.05) is 23.7 Å². The van der Waals surface area contributed by atoms with Crippen molar-refractivity contribution in [2.45, 2.75) is 25.3 Å². The molecule has 84 valence electrons. The van der Waals surface area contributed by atoms with Gasteiger partial charge in [-0.3, -0.25) is 9.69 Å². The second-order valence-corrected chi connectivity index (χ2v) is 5.01. The fourth-order valence-corrected chi connectivity index (χ4v) is 3.12. The molecule has 0 bridgehead atoms. The average Bonchev–Trinajstić information content (AvgIpc) is 2.86. The second kappa shape index (κ2) is 3.86. The molecule has 3 rings (SSSR count). The number of rotatable bonds is 1. The zero-order valence-electron chi connectivity index (χ0n) is 9.08. The van der Waals surface area contributed by atoms with E-state index in [1.165, 1.54) is 12.8 Å². The summed E-state index contributed by atoms with van der Waals surface area (Å²) in [5, 5.41) is 0.615. The van der Waals surface area contributed by atoms with Crippen molar-refractivity contribution in [1.29, 1.82) is 0 Å². The molecule has 3 heteroatoms. The van der Waals surface area contributed by atoms with E-state index >= 15 is 0 Å². The number of nitrogens with zero attached hydrogens (tertiary/aromatic N) is 1. The number of hydrogen-bond donors (Lipinski definition) is 0. The van der Waals surface area contributed by atoms with Crippen molar-refractivity contribution in [2.75, 3.05) is 13.1 Å². The molecule has 1 fully saturated rings. The quantitative estimate of drug-likeness (QED) is 0.746. The van der Waals surface area contributed by atoms with Crippen LogP contribution < -0.4 is 0 Å². The van der Waals surface area contributed by atoms with Crippen LogP contribution in [0.1, 0.15) is 28.8 Å². The molecule has 0 saturated carbocycles. The van der Waals surface area contributed by atoms with Crippen molar-refractivity contribution in [2.24, 2.45) is 0 Å². The fraction of sp³-hybridized carbons (Fsp3) is 0.462. The van der Waals surface area contributed by atoms with Gasteiger partial charge in [0.15, 0.2) is 5.78 Å². The summed E-state index contributed by atoms with van der Waals surface area (Å²) in [7, 11) is 0. The summed E-state index contributed by atoms with van der Waals surface area (Å²) in [6.07, 6.45) is 3.27. The molecule has 1 saturated heterocycles. The van der Waals surface area contributed by atoms with Gasteiger partial charge < -0.3 is 0 Å². The van der Waals surface area contributed by atoms with E-state index in [2.05, 4.69) is 4.90 Å². The summed E-state index contributed by atoms with van der Waals surface area (Å²) in [6.45, 7) is 2.12. The Hall–Kier alpha value is -0.860. The van der Waals surface area contributed by atoms with Crippen molar-refractivity contribution < 1.29 is 4.79 Å². The lowest BCUT2D eigenvalue weighted by Gasteiger charge is -2.21. The molecule has 1 unspecified atom stereocenters. The number of halogens is 1. The van der Waals surface area contributed by atoms with Gasteiger partial charge in [-0.05, 0) is 44.0 Å². The largest absolute Gasteiger partial charge is 0.293 e. The summed E-state index contributed by atoms with van der Waals surface area (Å²) < 4.78 is 0. The topological polar surface area (TPSA) is 20.3 Å². The number of carbonyl (C=O) groups excluding carboxylic acids is 1. The van der Waals surface area contributed by atoms with Gasteiger partial charge in [-0.25, -0.2) is 0 Å². The van der Waals surface area contributed by atoms with E-state index in [9.17, 15) is 4.79 Å². The predicted molar refractivity (Wildman–Crippen MR) is 64.1 cm³/mol. The van der Waals surface area contributed by atoms with Gasteiger partial charge in [0.25, 0.3) is 0 Å². The number of Topliss-reactive ketones (excluding diaryl/α,β-unsaturated/α-hetero) is 1. The van der Waals surface area contributed by atoms with E-state index in [-0.39, 0.29) is 11.8 Å². The fourth-order valence-electron chi connectivity index (χ4n) is 2.83. The number of likely N-dealkylation sites (tertiary alicyclic amines) is 1. The van der Waals surface area contributed by atoms with Gasteiger partial charge in [-0.15, -0.1) is 0 Å². The van der Waals surface area contributed by atoms with Crippen molar-refractivity contribution in [3.63, 3.8) is 0 Å². The Morgan fingerprint density at radius 3 is 2.69 bits per heavy atom. The number of ketones is 1. The van der Waals surface area contributed by atoms with Gasteiger partial charge in [0, 0.05) is 5.56 Å². The average molecular weight is 236 g/mol. The third-order valence-corrected chi connectivity index (χ3v) is 3.96. The summed E-state index contributed by atoms with van der Waals surface area (Å²) >= 11 is 6.10. The Bertz CT molecular complexity index is 438. The maximum absolute atomic E-state index is 12.3. The van der Waals surface area contributed by atoms with E-state index in [4.69, 9.17) is 11.6 Å². The van der Waals surface area contributed by atoms with Crippen LogP contribution in [0.4, 0.5) is 0 Å². The third kappa shape index (κ3) is 1.48. The molecule has 2 nitrogen and oxygen atoms in total. The molecule has 0 aromatic heterocycles. The van der Waals surface area contributed by atoms with Crippen LogP contribution in [0, 0.1) is 0 Å². The van der Waals surface area contributed by atoms with Gasteiger partial charge in [0.1, 0.15) is 0 Å². The van der Waals surface area contributed by atoms with Crippen LogP contribution in [0.3, 0.4) is 0 Å². The van der Waals surface area contributed by atoms with Crippen LogP contribution in [0.5, 0.6) is 0 Å². The molecular formula is C13H14ClNO. The minimum absolute atomic E-state index is 0.0531. The minimum atomic E-state index is 0.0531. The lowest BCUT2D eigenvalue weighted by atomic mass is 10.1. The molecule has 0 N–H and O–H groups in total. The monoisotopic (exact) mass is 235 g/mol. The molecule has 1 aromatic carbocycles. The first-order valence-electron chi connectivity index (χ1n) is 5.83. The number of carbonyl (C=O) groups is 1. The van der Waals surface area contributed by atoms with Crippen LogP contribution in [0.15, 0.2) is 18.2 Å². The number of fused-ring (bicyclic) bond motifs is 1. The van der Waals surface area contributed by atoms with E-state index in [1.54, 1.807) is 0 Å². The molecule has 1 aliphatic heterocycles. The number of benzene rings is 1. The maximum atomic E-state index is 12.3. The lowest BCUT2D eigenvalue weighted by Crippen LogP contribution is -2.37. The molecule has 1 aromatic rings. The molecule has 0 spiro atoms. The highest BCUT2D eigenvalue weighted by atomic mass is 35.5. The highest BCUT2D eigenvalue weighted by Gasteiger charge is 2.36. The third-order valence-electron chi connectivity index (χ3n) is 3.64. The summed E-state index contributed by atoms with van der Waals surface area (Å²) in [5.41, 5.74) is 1.88. The van der Waals surface area contributed by atoms with Crippen molar-refractivity contribution in [1.82, 2.24) is 4.90 Å². The van der Waals surface area contributed by atoms with E-state index in [0.717, 1.165) is 30.6 Å². The van der Waals surface area contributed by atoms with Crippen molar-refractivity contribution >= 4 is 17.4 Å². The molecule has 0 amide bonds. The minimum Gasteiger partial charge on any atom is -0.293 e. The highest BCUT2D eigenvalue weighted by Crippen LogP contribution is 2.32.